The zero-order valence-corrected chi connectivity index (χ0v) is 11.4. The van der Waals surface area contributed by atoms with E-state index in [1.807, 2.05) is 32.9 Å². The van der Waals surface area contributed by atoms with Crippen molar-refractivity contribution in [3.8, 4) is 0 Å². The van der Waals surface area contributed by atoms with Gasteiger partial charge in [0.2, 0.25) is 0 Å². The van der Waals surface area contributed by atoms with Crippen molar-refractivity contribution in [3.63, 3.8) is 0 Å². The van der Waals surface area contributed by atoms with Gasteiger partial charge in [-0.05, 0) is 30.9 Å². The molecule has 0 aliphatic rings. The van der Waals surface area contributed by atoms with Crippen molar-refractivity contribution < 1.29 is 9.59 Å². The molecule has 0 fully saturated rings. The Balaban J connectivity index is 3.28. The monoisotopic (exact) mass is 248 g/mol. The molecule has 4 nitrogen and oxygen atoms in total. The lowest BCUT2D eigenvalue weighted by molar-refractivity contribution is -0.117. The molecule has 98 valence electrons. The van der Waals surface area contributed by atoms with Crippen LogP contribution in [-0.4, -0.2) is 18.7 Å². The third-order valence-electron chi connectivity index (χ3n) is 2.88. The number of hydrogen-bond donors (Lipinski definition) is 2. The summed E-state index contributed by atoms with van der Waals surface area (Å²) in [6.07, 6.45) is 1.48. The van der Waals surface area contributed by atoms with Crippen molar-refractivity contribution in [2.75, 3.05) is 7.05 Å². The van der Waals surface area contributed by atoms with Gasteiger partial charge in [0, 0.05) is 12.6 Å². The Morgan fingerprint density at radius 2 is 1.61 bits per heavy atom. The van der Waals surface area contributed by atoms with Crippen LogP contribution in [0, 0.1) is 6.92 Å². The fraction of sp³-hybridized carbons (Fsp3) is 0.429. The summed E-state index contributed by atoms with van der Waals surface area (Å²) < 4.78 is 0. The lowest BCUT2D eigenvalue weighted by Gasteiger charge is -2.13. The molecule has 0 aromatic heterocycles. The van der Waals surface area contributed by atoms with Crippen LogP contribution in [0.4, 0.5) is 0 Å². The van der Waals surface area contributed by atoms with Crippen LogP contribution in [0.25, 0.3) is 0 Å². The molecule has 0 saturated carbocycles. The van der Waals surface area contributed by atoms with Crippen LogP contribution in [0.1, 0.15) is 40.9 Å². The maximum Gasteiger partial charge on any atom is 0.306 e. The second kappa shape index (κ2) is 6.31. The molecule has 1 aromatic carbocycles. The van der Waals surface area contributed by atoms with E-state index in [9.17, 15) is 9.59 Å². The number of benzene rings is 1. The van der Waals surface area contributed by atoms with Crippen molar-refractivity contribution in [2.24, 2.45) is 0 Å². The highest BCUT2D eigenvalue weighted by Gasteiger charge is 2.21. The van der Waals surface area contributed by atoms with Crippen LogP contribution >= 0.6 is 0 Å². The molecule has 0 aliphatic heterocycles. The van der Waals surface area contributed by atoms with Crippen molar-refractivity contribution in [1.29, 1.82) is 0 Å². The third-order valence-corrected chi connectivity index (χ3v) is 2.88. The number of Topliss-reactive ketones (excluding diaryl/α,β-unsaturated/α-hetero) is 1. The SMILES string of the molecule is CCc1cc(C)cc(CC)c1C(=O)C(=O)NNC. The van der Waals surface area contributed by atoms with Gasteiger partial charge >= 0.3 is 5.91 Å². The fourth-order valence-corrected chi connectivity index (χ4v) is 2.08. The van der Waals surface area contributed by atoms with E-state index < -0.39 is 11.7 Å². The second-order valence-electron chi connectivity index (χ2n) is 4.20. The fourth-order valence-electron chi connectivity index (χ4n) is 2.08. The minimum absolute atomic E-state index is 0.474. The maximum atomic E-state index is 12.2. The van der Waals surface area contributed by atoms with Crippen LogP contribution in [0.15, 0.2) is 12.1 Å². The first-order chi connectivity index (χ1) is 8.54. The third kappa shape index (κ3) is 2.96. The topological polar surface area (TPSA) is 58.2 Å². The summed E-state index contributed by atoms with van der Waals surface area (Å²) in [6, 6.07) is 3.94. The lowest BCUT2D eigenvalue weighted by Crippen LogP contribution is -2.39. The largest absolute Gasteiger partial charge is 0.306 e. The van der Waals surface area contributed by atoms with Crippen LogP contribution in [0.2, 0.25) is 0 Å². The van der Waals surface area contributed by atoms with Gasteiger partial charge in [-0.1, -0.05) is 31.5 Å². The van der Waals surface area contributed by atoms with Crippen molar-refractivity contribution in [1.82, 2.24) is 10.9 Å². The highest BCUT2D eigenvalue weighted by atomic mass is 16.2. The van der Waals surface area contributed by atoms with Crippen molar-refractivity contribution in [3.05, 3.63) is 34.4 Å². The first-order valence-electron chi connectivity index (χ1n) is 6.18. The molecule has 0 spiro atoms. The Labute approximate surface area is 108 Å². The summed E-state index contributed by atoms with van der Waals surface area (Å²) in [7, 11) is 1.56. The Kier molecular flexibility index (Phi) is 5.04. The lowest BCUT2D eigenvalue weighted by atomic mass is 9.92. The highest BCUT2D eigenvalue weighted by molar-refractivity contribution is 6.43. The molecular weight excluding hydrogens is 228 g/mol. The number of carbonyl (C=O) groups is 2. The molecule has 18 heavy (non-hydrogen) atoms. The molecule has 1 amide bonds. The van der Waals surface area contributed by atoms with Crippen LogP contribution in [-0.2, 0) is 17.6 Å². The normalized spacial score (nSPS) is 10.2. The summed E-state index contributed by atoms with van der Waals surface area (Å²) in [5.74, 6) is -1.09. The van der Waals surface area contributed by atoms with Gasteiger partial charge < -0.3 is 0 Å². The number of rotatable bonds is 5. The molecule has 0 heterocycles. The van der Waals surface area contributed by atoms with Gasteiger partial charge in [0.15, 0.2) is 0 Å². The molecule has 2 N–H and O–H groups in total. The molecule has 0 unspecified atom stereocenters. The standard InChI is InChI=1S/C14H20N2O2/c1-5-10-7-9(3)8-11(6-2)12(10)13(17)14(18)16-15-4/h7-8,15H,5-6H2,1-4H3,(H,16,18). The van der Waals surface area contributed by atoms with E-state index in [1.54, 1.807) is 7.05 Å². The Morgan fingerprint density at radius 3 is 2.00 bits per heavy atom. The van der Waals surface area contributed by atoms with Crippen molar-refractivity contribution >= 4 is 11.7 Å². The molecule has 0 radical (unpaired) electrons. The minimum Gasteiger partial charge on any atom is -0.285 e. The van der Waals surface area contributed by atoms with Gasteiger partial charge in [-0.3, -0.25) is 15.0 Å². The molecule has 0 saturated heterocycles. The number of hydrogen-bond acceptors (Lipinski definition) is 3. The Morgan fingerprint density at radius 1 is 1.11 bits per heavy atom. The number of amides is 1. The maximum absolute atomic E-state index is 12.2. The van der Waals surface area contributed by atoms with Gasteiger partial charge in [-0.15, -0.1) is 0 Å². The quantitative estimate of drug-likeness (QED) is 0.472. The smallest absolute Gasteiger partial charge is 0.285 e. The molecule has 4 heteroatoms. The minimum atomic E-state index is -0.620. The summed E-state index contributed by atoms with van der Waals surface area (Å²) in [5, 5.41) is 0. The van der Waals surface area contributed by atoms with E-state index >= 15 is 0 Å². The van der Waals surface area contributed by atoms with E-state index in [-0.39, 0.29) is 0 Å². The van der Waals surface area contributed by atoms with Gasteiger partial charge in [0.25, 0.3) is 5.78 Å². The average Bonchev–Trinajstić information content (AvgIpc) is 2.36. The van der Waals surface area contributed by atoms with E-state index in [2.05, 4.69) is 10.9 Å². The predicted molar refractivity (Wildman–Crippen MR) is 71.5 cm³/mol. The zero-order valence-electron chi connectivity index (χ0n) is 11.4. The number of ketones is 1. The number of hydrazine groups is 1. The van der Waals surface area contributed by atoms with Crippen LogP contribution in [0.3, 0.4) is 0 Å². The second-order valence-corrected chi connectivity index (χ2v) is 4.20. The number of nitrogens with one attached hydrogen (secondary N) is 2. The molecule has 1 aromatic rings. The predicted octanol–water partition coefficient (Wildman–Crippen LogP) is 1.55. The summed E-state index contributed by atoms with van der Waals surface area (Å²) in [6.45, 7) is 5.97. The molecule has 0 bridgehead atoms. The Hall–Kier alpha value is -1.68. The number of carbonyl (C=O) groups excluding carboxylic acids is 2. The van der Waals surface area contributed by atoms with Gasteiger partial charge in [-0.25, -0.2) is 5.43 Å². The van der Waals surface area contributed by atoms with Crippen molar-refractivity contribution in [2.45, 2.75) is 33.6 Å². The average molecular weight is 248 g/mol. The van der Waals surface area contributed by atoms with Gasteiger partial charge in [-0.2, -0.15) is 0 Å². The van der Waals surface area contributed by atoms with E-state index in [1.165, 1.54) is 0 Å². The first-order valence-corrected chi connectivity index (χ1v) is 6.18. The molecule has 0 atom stereocenters. The summed E-state index contributed by atoms with van der Waals surface area (Å²) in [5.41, 5.74) is 8.35. The zero-order chi connectivity index (χ0) is 13.7. The molecule has 1 rings (SSSR count). The van der Waals surface area contributed by atoms with Crippen LogP contribution < -0.4 is 10.9 Å². The van der Waals surface area contributed by atoms with E-state index in [0.29, 0.717) is 5.56 Å². The Bertz CT molecular complexity index is 442. The highest BCUT2D eigenvalue weighted by Crippen LogP contribution is 2.20. The van der Waals surface area contributed by atoms with Gasteiger partial charge in [0.1, 0.15) is 0 Å². The van der Waals surface area contributed by atoms with E-state index in [4.69, 9.17) is 0 Å². The summed E-state index contributed by atoms with van der Waals surface area (Å²) in [4.78, 5) is 23.8. The number of aryl methyl sites for hydroxylation is 3. The summed E-state index contributed by atoms with van der Waals surface area (Å²) >= 11 is 0. The van der Waals surface area contributed by atoms with Gasteiger partial charge in [0.05, 0.1) is 0 Å². The molecule has 0 aliphatic carbocycles. The molecular formula is C14H20N2O2. The van der Waals surface area contributed by atoms with E-state index in [0.717, 1.165) is 29.5 Å². The van der Waals surface area contributed by atoms with Crippen LogP contribution in [0.5, 0.6) is 0 Å². The first kappa shape index (κ1) is 14.4.